The van der Waals surface area contributed by atoms with Gasteiger partial charge in [0.1, 0.15) is 5.82 Å². The van der Waals surface area contributed by atoms with Crippen LogP contribution in [0.4, 0.5) is 5.82 Å². The number of benzene rings is 1. The molecule has 0 spiro atoms. The topological polar surface area (TPSA) is 45.2 Å². The van der Waals surface area contributed by atoms with Gasteiger partial charge in [0.25, 0.3) is 0 Å². The number of nitrogens with zero attached hydrogens (tertiary/aromatic N) is 2. The fourth-order valence-electron chi connectivity index (χ4n) is 3.28. The standard InChI is InChI=1S/C21H26ClN3OS/c1-16-7-10-23-20(15-16)24-21(26)17-8-12-25(13-9-17)11-4-14-27-19-6-3-2-5-18(19)22/h2-3,5-7,10,15,17H,4,8-9,11-14H2,1H3,(H,23,24,26). The van der Waals surface area contributed by atoms with Crippen LogP contribution in [0.3, 0.4) is 0 Å². The number of halogens is 1. The van der Waals surface area contributed by atoms with Crippen LogP contribution in [0.5, 0.6) is 0 Å². The van der Waals surface area contributed by atoms with Crippen LogP contribution in [0.2, 0.25) is 5.02 Å². The number of likely N-dealkylation sites (tertiary alicyclic amines) is 1. The lowest BCUT2D eigenvalue weighted by atomic mass is 9.96. The number of aromatic nitrogens is 1. The number of pyridine rings is 1. The van der Waals surface area contributed by atoms with E-state index in [1.165, 1.54) is 0 Å². The Morgan fingerprint density at radius 3 is 2.81 bits per heavy atom. The van der Waals surface area contributed by atoms with E-state index in [9.17, 15) is 4.79 Å². The summed E-state index contributed by atoms with van der Waals surface area (Å²) in [4.78, 5) is 20.3. The van der Waals surface area contributed by atoms with E-state index < -0.39 is 0 Å². The average Bonchev–Trinajstić information content (AvgIpc) is 2.67. The molecule has 144 valence electrons. The van der Waals surface area contributed by atoms with Gasteiger partial charge in [0.2, 0.25) is 5.91 Å². The molecular weight excluding hydrogens is 378 g/mol. The lowest BCUT2D eigenvalue weighted by Crippen LogP contribution is -2.38. The molecule has 4 nitrogen and oxygen atoms in total. The van der Waals surface area contributed by atoms with E-state index in [2.05, 4.69) is 21.3 Å². The summed E-state index contributed by atoms with van der Waals surface area (Å²) in [5, 5.41) is 3.79. The molecule has 0 saturated carbocycles. The minimum atomic E-state index is 0.0843. The van der Waals surface area contributed by atoms with Gasteiger partial charge in [-0.1, -0.05) is 23.7 Å². The number of hydrogen-bond donors (Lipinski definition) is 1. The monoisotopic (exact) mass is 403 g/mol. The molecule has 0 atom stereocenters. The molecule has 27 heavy (non-hydrogen) atoms. The van der Waals surface area contributed by atoms with Crippen LogP contribution in [0, 0.1) is 12.8 Å². The summed E-state index contributed by atoms with van der Waals surface area (Å²) in [5.41, 5.74) is 1.10. The number of aryl methyl sites for hydroxylation is 1. The fraction of sp³-hybridized carbons (Fsp3) is 0.429. The maximum absolute atomic E-state index is 12.4. The van der Waals surface area contributed by atoms with Crippen molar-refractivity contribution in [1.29, 1.82) is 0 Å². The van der Waals surface area contributed by atoms with Crippen LogP contribution >= 0.6 is 23.4 Å². The average molecular weight is 404 g/mol. The fourth-order valence-corrected chi connectivity index (χ4v) is 4.46. The van der Waals surface area contributed by atoms with Crippen molar-refractivity contribution in [1.82, 2.24) is 9.88 Å². The lowest BCUT2D eigenvalue weighted by Gasteiger charge is -2.31. The molecule has 1 fully saturated rings. The molecule has 2 heterocycles. The quantitative estimate of drug-likeness (QED) is 0.528. The first-order valence-electron chi connectivity index (χ1n) is 9.45. The SMILES string of the molecule is Cc1ccnc(NC(=O)C2CCN(CCCSc3ccccc3Cl)CC2)c1. The molecule has 0 radical (unpaired) electrons. The molecule has 6 heteroatoms. The van der Waals surface area contributed by atoms with Crippen molar-refractivity contribution >= 4 is 35.1 Å². The van der Waals surface area contributed by atoms with Gasteiger partial charge in [-0.25, -0.2) is 4.98 Å². The Labute approximate surface area is 170 Å². The Hall–Kier alpha value is -1.56. The van der Waals surface area contributed by atoms with E-state index in [0.717, 1.165) is 60.1 Å². The van der Waals surface area contributed by atoms with Crippen LogP contribution < -0.4 is 5.32 Å². The summed E-state index contributed by atoms with van der Waals surface area (Å²) in [6, 6.07) is 11.8. The normalized spacial score (nSPS) is 15.6. The Morgan fingerprint density at radius 2 is 2.07 bits per heavy atom. The van der Waals surface area contributed by atoms with E-state index >= 15 is 0 Å². The van der Waals surface area contributed by atoms with E-state index in [1.54, 1.807) is 6.20 Å². The minimum Gasteiger partial charge on any atom is -0.310 e. The second kappa shape index (κ2) is 10.1. The second-order valence-electron chi connectivity index (χ2n) is 6.96. The van der Waals surface area contributed by atoms with Crippen molar-refractivity contribution in [2.45, 2.75) is 31.1 Å². The van der Waals surface area contributed by atoms with E-state index in [0.29, 0.717) is 5.82 Å². The number of carbonyl (C=O) groups excluding carboxylic acids is 1. The number of anilines is 1. The zero-order chi connectivity index (χ0) is 19.1. The zero-order valence-electron chi connectivity index (χ0n) is 15.7. The highest BCUT2D eigenvalue weighted by molar-refractivity contribution is 7.99. The molecule has 1 saturated heterocycles. The number of carbonyl (C=O) groups is 1. The molecule has 1 aromatic heterocycles. The summed E-state index contributed by atoms with van der Waals surface area (Å²) in [6.45, 7) is 5.04. The van der Waals surface area contributed by atoms with Gasteiger partial charge in [0.15, 0.2) is 0 Å². The minimum absolute atomic E-state index is 0.0843. The van der Waals surface area contributed by atoms with Gasteiger partial charge in [-0.15, -0.1) is 11.8 Å². The molecule has 3 rings (SSSR count). The first kappa shape index (κ1) is 20.2. The molecule has 1 aliphatic rings. The smallest absolute Gasteiger partial charge is 0.228 e. The van der Waals surface area contributed by atoms with Crippen LogP contribution in [-0.4, -0.2) is 41.2 Å². The van der Waals surface area contributed by atoms with Crippen LogP contribution in [0.25, 0.3) is 0 Å². The van der Waals surface area contributed by atoms with Crippen LogP contribution in [0.1, 0.15) is 24.8 Å². The third-order valence-electron chi connectivity index (χ3n) is 4.84. The Bertz CT molecular complexity index is 763. The number of thioether (sulfide) groups is 1. The molecule has 1 aromatic carbocycles. The maximum Gasteiger partial charge on any atom is 0.228 e. The van der Waals surface area contributed by atoms with Gasteiger partial charge < -0.3 is 10.2 Å². The largest absolute Gasteiger partial charge is 0.310 e. The molecule has 0 aliphatic carbocycles. The number of amides is 1. The lowest BCUT2D eigenvalue weighted by molar-refractivity contribution is -0.121. The molecule has 1 amide bonds. The van der Waals surface area contributed by atoms with Gasteiger partial charge in [-0.2, -0.15) is 0 Å². The highest BCUT2D eigenvalue weighted by Gasteiger charge is 2.25. The van der Waals surface area contributed by atoms with E-state index in [4.69, 9.17) is 11.6 Å². The summed E-state index contributed by atoms with van der Waals surface area (Å²) < 4.78 is 0. The van der Waals surface area contributed by atoms with E-state index in [1.807, 2.05) is 49.0 Å². The summed E-state index contributed by atoms with van der Waals surface area (Å²) in [7, 11) is 0. The molecule has 0 bridgehead atoms. The Morgan fingerprint density at radius 1 is 1.30 bits per heavy atom. The van der Waals surface area contributed by atoms with Crippen LogP contribution in [0.15, 0.2) is 47.5 Å². The molecule has 0 unspecified atom stereocenters. The van der Waals surface area contributed by atoms with E-state index in [-0.39, 0.29) is 11.8 Å². The van der Waals surface area contributed by atoms with Crippen molar-refractivity contribution in [3.8, 4) is 0 Å². The third-order valence-corrected chi connectivity index (χ3v) is 6.44. The van der Waals surface area contributed by atoms with Crippen LogP contribution in [-0.2, 0) is 4.79 Å². The van der Waals surface area contributed by atoms with Gasteiger partial charge >= 0.3 is 0 Å². The maximum atomic E-state index is 12.4. The predicted molar refractivity (Wildman–Crippen MR) is 114 cm³/mol. The Balaban J connectivity index is 1.35. The number of nitrogens with one attached hydrogen (secondary N) is 1. The molecule has 1 aliphatic heterocycles. The highest BCUT2D eigenvalue weighted by Crippen LogP contribution is 2.27. The summed E-state index contributed by atoms with van der Waals surface area (Å²) >= 11 is 8.00. The van der Waals surface area contributed by atoms with Gasteiger partial charge in [-0.3, -0.25) is 4.79 Å². The van der Waals surface area contributed by atoms with Crippen molar-refractivity contribution in [2.24, 2.45) is 5.92 Å². The Kier molecular flexibility index (Phi) is 7.56. The van der Waals surface area contributed by atoms with Gasteiger partial charge in [0.05, 0.1) is 5.02 Å². The summed E-state index contributed by atoms with van der Waals surface area (Å²) in [5.74, 6) is 1.89. The second-order valence-corrected chi connectivity index (χ2v) is 8.50. The first-order chi connectivity index (χ1) is 13.1. The summed E-state index contributed by atoms with van der Waals surface area (Å²) in [6.07, 6.45) is 4.68. The third kappa shape index (κ3) is 6.23. The predicted octanol–water partition coefficient (Wildman–Crippen LogP) is 4.88. The zero-order valence-corrected chi connectivity index (χ0v) is 17.2. The molecule has 2 aromatic rings. The number of piperidine rings is 1. The van der Waals surface area contributed by atoms with Crippen molar-refractivity contribution in [3.63, 3.8) is 0 Å². The highest BCUT2D eigenvalue weighted by atomic mass is 35.5. The van der Waals surface area contributed by atoms with Crippen molar-refractivity contribution in [3.05, 3.63) is 53.2 Å². The first-order valence-corrected chi connectivity index (χ1v) is 10.8. The molecular formula is C21H26ClN3OS. The van der Waals surface area contributed by atoms with Crippen molar-refractivity contribution in [2.75, 3.05) is 30.7 Å². The van der Waals surface area contributed by atoms with Gasteiger partial charge in [0, 0.05) is 17.0 Å². The van der Waals surface area contributed by atoms with Crippen molar-refractivity contribution < 1.29 is 4.79 Å². The number of hydrogen-bond acceptors (Lipinski definition) is 4. The van der Waals surface area contributed by atoms with Gasteiger partial charge in [-0.05, 0) is 81.4 Å². The molecule has 1 N–H and O–H groups in total. The number of rotatable bonds is 7.